The van der Waals surface area contributed by atoms with Gasteiger partial charge in [-0.3, -0.25) is 14.5 Å². The van der Waals surface area contributed by atoms with Gasteiger partial charge in [-0.25, -0.2) is 0 Å². The predicted octanol–water partition coefficient (Wildman–Crippen LogP) is 1.11. The highest BCUT2D eigenvalue weighted by Crippen LogP contribution is 2.42. The van der Waals surface area contributed by atoms with Crippen molar-refractivity contribution in [3.05, 3.63) is 18.2 Å². The number of anilines is 1. The van der Waals surface area contributed by atoms with E-state index in [1.165, 1.54) is 25.1 Å². The first-order valence-electron chi connectivity index (χ1n) is 7.50. The number of carbonyl (C=O) groups excluding carboxylic acids is 2. The molecule has 9 heteroatoms. The maximum atomic E-state index is 13.0. The number of piperazine rings is 1. The standard InChI is InChI=1S/C15H17F2N3O4/c1-10(21)20-6-4-19(5-7-20)9-14(22)18-11-2-3-12-13(8-11)24-15(16,17)23-12/h2-3,8H,4-7,9H2,1H3,(H,18,22). The third kappa shape index (κ3) is 3.73. The summed E-state index contributed by atoms with van der Waals surface area (Å²) in [7, 11) is 0. The van der Waals surface area contributed by atoms with Gasteiger partial charge < -0.3 is 19.7 Å². The van der Waals surface area contributed by atoms with Crippen LogP contribution >= 0.6 is 0 Å². The van der Waals surface area contributed by atoms with E-state index in [9.17, 15) is 18.4 Å². The minimum absolute atomic E-state index is 0.0243. The largest absolute Gasteiger partial charge is 0.586 e. The molecule has 1 fully saturated rings. The molecule has 24 heavy (non-hydrogen) atoms. The van der Waals surface area contributed by atoms with E-state index < -0.39 is 6.29 Å². The number of nitrogens with one attached hydrogen (secondary N) is 1. The maximum absolute atomic E-state index is 13.0. The molecule has 2 aliphatic heterocycles. The molecule has 0 spiro atoms. The van der Waals surface area contributed by atoms with Gasteiger partial charge in [-0.2, -0.15) is 0 Å². The van der Waals surface area contributed by atoms with Crippen molar-refractivity contribution in [2.75, 3.05) is 38.0 Å². The number of alkyl halides is 2. The molecule has 0 aliphatic carbocycles. The number of hydrogen-bond acceptors (Lipinski definition) is 5. The Labute approximate surface area is 137 Å². The quantitative estimate of drug-likeness (QED) is 0.892. The molecule has 2 heterocycles. The lowest BCUT2D eigenvalue weighted by molar-refractivity contribution is -0.286. The molecule has 130 valence electrons. The molecule has 0 unspecified atom stereocenters. The predicted molar refractivity (Wildman–Crippen MR) is 80.0 cm³/mol. The molecule has 2 aliphatic rings. The lowest BCUT2D eigenvalue weighted by Crippen LogP contribution is -2.49. The van der Waals surface area contributed by atoms with Gasteiger partial charge in [-0.15, -0.1) is 8.78 Å². The first kappa shape index (κ1) is 16.4. The van der Waals surface area contributed by atoms with Gasteiger partial charge in [0, 0.05) is 44.9 Å². The highest BCUT2D eigenvalue weighted by Gasteiger charge is 2.43. The van der Waals surface area contributed by atoms with Crippen molar-refractivity contribution >= 4 is 17.5 Å². The van der Waals surface area contributed by atoms with Crippen molar-refractivity contribution in [1.29, 1.82) is 0 Å². The van der Waals surface area contributed by atoms with Crippen molar-refractivity contribution < 1.29 is 27.8 Å². The Morgan fingerprint density at radius 3 is 2.50 bits per heavy atom. The monoisotopic (exact) mass is 341 g/mol. The molecule has 3 rings (SSSR count). The van der Waals surface area contributed by atoms with Crippen molar-refractivity contribution in [2.45, 2.75) is 13.2 Å². The van der Waals surface area contributed by atoms with Gasteiger partial charge in [0.05, 0.1) is 6.54 Å². The third-order valence-electron chi connectivity index (χ3n) is 3.87. The van der Waals surface area contributed by atoms with Gasteiger partial charge in [0.15, 0.2) is 11.5 Å². The first-order chi connectivity index (χ1) is 11.3. The second-order valence-corrected chi connectivity index (χ2v) is 5.66. The molecular formula is C15H17F2N3O4. The molecule has 0 atom stereocenters. The van der Waals surface area contributed by atoms with Crippen LogP contribution in [0.25, 0.3) is 0 Å². The van der Waals surface area contributed by atoms with E-state index in [0.717, 1.165) is 0 Å². The van der Waals surface area contributed by atoms with Crippen LogP contribution in [0, 0.1) is 0 Å². The highest BCUT2D eigenvalue weighted by atomic mass is 19.3. The lowest BCUT2D eigenvalue weighted by Gasteiger charge is -2.33. The Bertz CT molecular complexity index is 660. The summed E-state index contributed by atoms with van der Waals surface area (Å²) in [6, 6.07) is 4.08. The third-order valence-corrected chi connectivity index (χ3v) is 3.87. The average Bonchev–Trinajstić information content (AvgIpc) is 2.80. The molecule has 0 radical (unpaired) electrons. The Balaban J connectivity index is 1.52. The number of rotatable bonds is 3. The number of carbonyl (C=O) groups is 2. The van der Waals surface area contributed by atoms with E-state index in [-0.39, 0.29) is 29.9 Å². The van der Waals surface area contributed by atoms with E-state index in [1.54, 1.807) is 4.90 Å². The van der Waals surface area contributed by atoms with Crippen LogP contribution in [0.2, 0.25) is 0 Å². The van der Waals surface area contributed by atoms with Crippen LogP contribution in [-0.2, 0) is 9.59 Å². The molecular weight excluding hydrogens is 324 g/mol. The van der Waals surface area contributed by atoms with E-state index >= 15 is 0 Å². The van der Waals surface area contributed by atoms with E-state index in [2.05, 4.69) is 14.8 Å². The Morgan fingerprint density at radius 2 is 1.83 bits per heavy atom. The van der Waals surface area contributed by atoms with Crippen LogP contribution < -0.4 is 14.8 Å². The van der Waals surface area contributed by atoms with Crippen molar-refractivity contribution in [2.24, 2.45) is 0 Å². The van der Waals surface area contributed by atoms with E-state index in [1.807, 2.05) is 4.90 Å². The van der Waals surface area contributed by atoms with Crippen LogP contribution in [0.5, 0.6) is 11.5 Å². The summed E-state index contributed by atoms with van der Waals surface area (Å²) < 4.78 is 34.6. The molecule has 2 amide bonds. The summed E-state index contributed by atoms with van der Waals surface area (Å²) in [6.45, 7) is 4.08. The van der Waals surface area contributed by atoms with E-state index in [4.69, 9.17) is 0 Å². The second-order valence-electron chi connectivity index (χ2n) is 5.66. The Kier molecular flexibility index (Phi) is 4.27. The second kappa shape index (κ2) is 6.23. The van der Waals surface area contributed by atoms with Crippen molar-refractivity contribution in [3.8, 4) is 11.5 Å². The maximum Gasteiger partial charge on any atom is 0.586 e. The van der Waals surface area contributed by atoms with Crippen LogP contribution in [0.15, 0.2) is 18.2 Å². The van der Waals surface area contributed by atoms with Crippen molar-refractivity contribution in [1.82, 2.24) is 9.80 Å². The first-order valence-corrected chi connectivity index (χ1v) is 7.50. The minimum Gasteiger partial charge on any atom is -0.395 e. The minimum atomic E-state index is -3.68. The molecule has 1 aromatic carbocycles. The zero-order valence-corrected chi connectivity index (χ0v) is 13.1. The Morgan fingerprint density at radius 1 is 1.17 bits per heavy atom. The Hall–Kier alpha value is -2.42. The number of ether oxygens (including phenoxy) is 2. The topological polar surface area (TPSA) is 71.1 Å². The fourth-order valence-electron chi connectivity index (χ4n) is 2.65. The molecule has 0 aromatic heterocycles. The molecule has 1 saturated heterocycles. The fourth-order valence-corrected chi connectivity index (χ4v) is 2.65. The lowest BCUT2D eigenvalue weighted by atomic mass is 10.2. The van der Waals surface area contributed by atoms with Crippen LogP contribution in [0.4, 0.5) is 14.5 Å². The normalized spacial score (nSPS) is 19.2. The summed E-state index contributed by atoms with van der Waals surface area (Å²) in [5.41, 5.74) is 0.349. The zero-order valence-electron chi connectivity index (χ0n) is 13.1. The molecule has 1 N–H and O–H groups in total. The average molecular weight is 341 g/mol. The smallest absolute Gasteiger partial charge is 0.395 e. The number of hydrogen-bond donors (Lipinski definition) is 1. The van der Waals surface area contributed by atoms with Gasteiger partial charge in [0.2, 0.25) is 11.8 Å². The zero-order chi connectivity index (χ0) is 17.3. The molecule has 0 saturated carbocycles. The van der Waals surface area contributed by atoms with Gasteiger partial charge in [0.1, 0.15) is 0 Å². The van der Waals surface area contributed by atoms with E-state index in [0.29, 0.717) is 31.9 Å². The molecule has 7 nitrogen and oxygen atoms in total. The highest BCUT2D eigenvalue weighted by molar-refractivity contribution is 5.92. The molecule has 1 aromatic rings. The van der Waals surface area contributed by atoms with Crippen LogP contribution in [0.1, 0.15) is 6.92 Å². The number of halogens is 2. The van der Waals surface area contributed by atoms with Crippen LogP contribution in [-0.4, -0.2) is 60.6 Å². The number of nitrogens with zero attached hydrogens (tertiary/aromatic N) is 2. The summed E-state index contributed by atoms with van der Waals surface area (Å²) >= 11 is 0. The summed E-state index contributed by atoms with van der Waals surface area (Å²) in [6.07, 6.45) is -3.68. The molecule has 0 bridgehead atoms. The van der Waals surface area contributed by atoms with Gasteiger partial charge >= 0.3 is 6.29 Å². The van der Waals surface area contributed by atoms with Gasteiger partial charge in [-0.1, -0.05) is 0 Å². The van der Waals surface area contributed by atoms with Gasteiger partial charge in [-0.05, 0) is 12.1 Å². The number of amides is 2. The summed E-state index contributed by atoms with van der Waals surface area (Å²) in [5.74, 6) is -0.431. The van der Waals surface area contributed by atoms with Gasteiger partial charge in [0.25, 0.3) is 0 Å². The van der Waals surface area contributed by atoms with Crippen LogP contribution in [0.3, 0.4) is 0 Å². The summed E-state index contributed by atoms with van der Waals surface area (Å²) in [5, 5.41) is 2.64. The SMILES string of the molecule is CC(=O)N1CCN(CC(=O)Nc2ccc3c(c2)OC(F)(F)O3)CC1. The number of benzene rings is 1. The fraction of sp³-hybridized carbons (Fsp3) is 0.467. The van der Waals surface area contributed by atoms with Crippen molar-refractivity contribution in [3.63, 3.8) is 0 Å². The number of fused-ring (bicyclic) bond motifs is 1. The summed E-state index contributed by atoms with van der Waals surface area (Å²) in [4.78, 5) is 27.0.